The minimum Gasteiger partial charge on any atom is -0.412 e. The van der Waals surface area contributed by atoms with E-state index in [1.807, 2.05) is 5.38 Å². The SMILES string of the molecule is CC(C)(C)[Si](C)(C)OCc1cc(S)cs1. The molecule has 1 rings (SSSR count). The quantitative estimate of drug-likeness (QED) is 0.619. The Morgan fingerprint density at radius 3 is 2.40 bits per heavy atom. The zero-order valence-electron chi connectivity index (χ0n) is 10.1. The molecule has 1 heterocycles. The summed E-state index contributed by atoms with van der Waals surface area (Å²) >= 11 is 6.02. The third kappa shape index (κ3) is 3.62. The van der Waals surface area contributed by atoms with Gasteiger partial charge in [-0.05, 0) is 24.2 Å². The molecule has 0 saturated carbocycles. The highest BCUT2D eigenvalue weighted by Gasteiger charge is 2.37. The number of thiophene rings is 1. The topological polar surface area (TPSA) is 9.23 Å². The lowest BCUT2D eigenvalue weighted by atomic mass is 10.2. The van der Waals surface area contributed by atoms with Gasteiger partial charge in [0, 0.05) is 15.2 Å². The van der Waals surface area contributed by atoms with Gasteiger partial charge in [-0.25, -0.2) is 0 Å². The Labute approximate surface area is 103 Å². The predicted octanol–water partition coefficient (Wildman–Crippen LogP) is 4.56. The Kier molecular flexibility index (Phi) is 4.09. The summed E-state index contributed by atoms with van der Waals surface area (Å²) in [5, 5.41) is 2.33. The molecule has 0 radical (unpaired) electrons. The summed E-state index contributed by atoms with van der Waals surface area (Å²) in [6, 6.07) is 2.08. The lowest BCUT2D eigenvalue weighted by Crippen LogP contribution is -2.40. The van der Waals surface area contributed by atoms with E-state index in [1.54, 1.807) is 11.3 Å². The molecule has 0 saturated heterocycles. The summed E-state index contributed by atoms with van der Waals surface area (Å²) in [4.78, 5) is 2.30. The van der Waals surface area contributed by atoms with Crippen molar-refractivity contribution in [1.29, 1.82) is 0 Å². The van der Waals surface area contributed by atoms with Crippen molar-refractivity contribution in [3.05, 3.63) is 16.3 Å². The molecule has 1 nitrogen and oxygen atoms in total. The van der Waals surface area contributed by atoms with E-state index in [9.17, 15) is 0 Å². The smallest absolute Gasteiger partial charge is 0.192 e. The summed E-state index contributed by atoms with van der Waals surface area (Å²) in [5.41, 5.74) is 0. The van der Waals surface area contributed by atoms with Gasteiger partial charge in [-0.15, -0.1) is 24.0 Å². The van der Waals surface area contributed by atoms with Crippen LogP contribution in [0.3, 0.4) is 0 Å². The van der Waals surface area contributed by atoms with E-state index in [0.717, 1.165) is 11.5 Å². The normalized spacial score (nSPS) is 13.2. The first-order valence-electron chi connectivity index (χ1n) is 5.13. The molecule has 0 atom stereocenters. The van der Waals surface area contributed by atoms with E-state index in [1.165, 1.54) is 4.88 Å². The fourth-order valence-corrected chi connectivity index (χ4v) is 3.03. The Balaban J connectivity index is 2.57. The minimum absolute atomic E-state index is 0.286. The number of hydrogen-bond donors (Lipinski definition) is 1. The molecular formula is C11H20OS2Si. The van der Waals surface area contributed by atoms with Crippen molar-refractivity contribution in [3.63, 3.8) is 0 Å². The van der Waals surface area contributed by atoms with Crippen molar-refractivity contribution in [2.75, 3.05) is 0 Å². The lowest BCUT2D eigenvalue weighted by molar-refractivity contribution is 0.279. The standard InChI is InChI=1S/C11H20OS2Si/c1-11(2,3)15(4,5)12-7-10-6-9(13)8-14-10/h6,8,13H,7H2,1-5H3. The van der Waals surface area contributed by atoms with Crippen molar-refractivity contribution in [2.24, 2.45) is 0 Å². The van der Waals surface area contributed by atoms with Crippen LogP contribution in [-0.4, -0.2) is 8.32 Å². The van der Waals surface area contributed by atoms with Crippen LogP contribution in [0, 0.1) is 0 Å². The van der Waals surface area contributed by atoms with Crippen LogP contribution in [0.2, 0.25) is 18.1 Å². The van der Waals surface area contributed by atoms with E-state index in [2.05, 4.69) is 52.6 Å². The molecule has 0 amide bonds. The fourth-order valence-electron chi connectivity index (χ4n) is 0.913. The van der Waals surface area contributed by atoms with Gasteiger partial charge in [-0.2, -0.15) is 0 Å². The number of hydrogen-bond acceptors (Lipinski definition) is 3. The molecule has 1 aromatic heterocycles. The molecule has 0 N–H and O–H groups in total. The van der Waals surface area contributed by atoms with Gasteiger partial charge in [0.2, 0.25) is 0 Å². The molecule has 86 valence electrons. The van der Waals surface area contributed by atoms with Crippen LogP contribution in [-0.2, 0) is 11.0 Å². The summed E-state index contributed by atoms with van der Waals surface area (Å²) in [5.74, 6) is 0. The molecule has 0 unspecified atom stereocenters. The average Bonchev–Trinajstić information content (AvgIpc) is 2.46. The molecule has 4 heteroatoms. The van der Waals surface area contributed by atoms with Crippen molar-refractivity contribution in [3.8, 4) is 0 Å². The van der Waals surface area contributed by atoms with Gasteiger partial charge in [-0.3, -0.25) is 0 Å². The van der Waals surface area contributed by atoms with Gasteiger partial charge in [0.25, 0.3) is 0 Å². The lowest BCUT2D eigenvalue weighted by Gasteiger charge is -2.36. The van der Waals surface area contributed by atoms with Crippen molar-refractivity contribution < 1.29 is 4.43 Å². The predicted molar refractivity (Wildman–Crippen MR) is 73.6 cm³/mol. The second kappa shape index (κ2) is 4.61. The maximum absolute atomic E-state index is 6.11. The first-order chi connectivity index (χ1) is 6.72. The van der Waals surface area contributed by atoms with Crippen LogP contribution < -0.4 is 0 Å². The third-order valence-electron chi connectivity index (χ3n) is 3.02. The Morgan fingerprint density at radius 2 is 2.00 bits per heavy atom. The maximum Gasteiger partial charge on any atom is 0.192 e. The summed E-state index contributed by atoms with van der Waals surface area (Å²) in [7, 11) is -1.60. The molecule has 0 fully saturated rings. The van der Waals surface area contributed by atoms with Gasteiger partial charge in [0.15, 0.2) is 8.32 Å². The fraction of sp³-hybridized carbons (Fsp3) is 0.636. The third-order valence-corrected chi connectivity index (χ3v) is 8.84. The van der Waals surface area contributed by atoms with E-state index in [-0.39, 0.29) is 5.04 Å². The van der Waals surface area contributed by atoms with Crippen molar-refractivity contribution >= 4 is 32.3 Å². The molecule has 0 aliphatic heterocycles. The minimum atomic E-state index is -1.60. The van der Waals surface area contributed by atoms with Crippen LogP contribution in [0.5, 0.6) is 0 Å². The van der Waals surface area contributed by atoms with Crippen LogP contribution in [0.25, 0.3) is 0 Å². The van der Waals surface area contributed by atoms with Crippen molar-refractivity contribution in [2.45, 2.75) is 50.4 Å². The first-order valence-corrected chi connectivity index (χ1v) is 9.36. The van der Waals surface area contributed by atoms with Crippen LogP contribution in [0.1, 0.15) is 25.6 Å². The summed E-state index contributed by atoms with van der Waals surface area (Å²) < 4.78 is 6.11. The first kappa shape index (κ1) is 13.3. The zero-order valence-corrected chi connectivity index (χ0v) is 12.8. The van der Waals surface area contributed by atoms with Gasteiger partial charge < -0.3 is 4.43 Å². The average molecular weight is 260 g/mol. The van der Waals surface area contributed by atoms with Gasteiger partial charge in [-0.1, -0.05) is 20.8 Å². The molecule has 15 heavy (non-hydrogen) atoms. The van der Waals surface area contributed by atoms with Gasteiger partial charge in [0.05, 0.1) is 6.61 Å². The molecule has 0 bridgehead atoms. The second-order valence-electron chi connectivity index (χ2n) is 5.32. The molecule has 1 aromatic rings. The van der Waals surface area contributed by atoms with Crippen LogP contribution in [0.15, 0.2) is 16.3 Å². The monoisotopic (exact) mass is 260 g/mol. The molecular weight excluding hydrogens is 240 g/mol. The van der Waals surface area contributed by atoms with Crippen molar-refractivity contribution in [1.82, 2.24) is 0 Å². The number of rotatable bonds is 3. The Morgan fingerprint density at radius 1 is 1.40 bits per heavy atom. The molecule has 0 aliphatic rings. The van der Waals surface area contributed by atoms with Gasteiger partial charge >= 0.3 is 0 Å². The largest absolute Gasteiger partial charge is 0.412 e. The van der Waals surface area contributed by atoms with E-state index in [0.29, 0.717) is 0 Å². The summed E-state index contributed by atoms with van der Waals surface area (Å²) in [6.07, 6.45) is 0. The highest BCUT2D eigenvalue weighted by molar-refractivity contribution is 7.80. The number of thiol groups is 1. The highest BCUT2D eigenvalue weighted by atomic mass is 32.1. The van der Waals surface area contributed by atoms with Crippen LogP contribution >= 0.6 is 24.0 Å². The van der Waals surface area contributed by atoms with Crippen LogP contribution in [0.4, 0.5) is 0 Å². The van der Waals surface area contributed by atoms with E-state index >= 15 is 0 Å². The zero-order chi connectivity index (χ0) is 11.7. The Hall–Kier alpha value is 0.227. The second-order valence-corrected chi connectivity index (χ2v) is 11.6. The molecule has 0 aromatic carbocycles. The highest BCUT2D eigenvalue weighted by Crippen LogP contribution is 2.37. The maximum atomic E-state index is 6.11. The van der Waals surface area contributed by atoms with E-state index < -0.39 is 8.32 Å². The molecule has 0 aliphatic carbocycles. The summed E-state index contributed by atoms with van der Waals surface area (Å²) in [6.45, 7) is 12.1. The molecule has 0 spiro atoms. The van der Waals surface area contributed by atoms with E-state index in [4.69, 9.17) is 4.43 Å². The van der Waals surface area contributed by atoms with Gasteiger partial charge in [0.1, 0.15) is 0 Å². The Bertz CT molecular complexity index is 326.